The molecule has 1 saturated carbocycles. The van der Waals surface area contributed by atoms with Crippen molar-refractivity contribution in [2.75, 3.05) is 36.4 Å². The van der Waals surface area contributed by atoms with Crippen molar-refractivity contribution in [1.82, 2.24) is 19.9 Å². The van der Waals surface area contributed by atoms with E-state index in [9.17, 15) is 22.4 Å². The van der Waals surface area contributed by atoms with E-state index >= 15 is 0 Å². The Morgan fingerprint density at radius 1 is 1.05 bits per heavy atom. The molecule has 2 aromatic heterocycles. The van der Waals surface area contributed by atoms with E-state index in [1.165, 1.54) is 35.0 Å². The molecule has 1 aliphatic heterocycles. The third-order valence-electron chi connectivity index (χ3n) is 7.49. The van der Waals surface area contributed by atoms with E-state index in [-0.39, 0.29) is 41.0 Å². The molecule has 2 N–H and O–H groups in total. The Labute approximate surface area is 227 Å². The minimum absolute atomic E-state index is 0.0566. The summed E-state index contributed by atoms with van der Waals surface area (Å²) in [6.45, 7) is 4.91. The van der Waals surface area contributed by atoms with Gasteiger partial charge in [0.05, 0.1) is 11.3 Å². The largest absolute Gasteiger partial charge is 0.417 e. The van der Waals surface area contributed by atoms with Crippen molar-refractivity contribution in [1.29, 1.82) is 0 Å². The smallest absolute Gasteiger partial charge is 0.367 e. The number of hydrogen-bond donors (Lipinski definition) is 2. The number of halogens is 4. The second-order valence-electron chi connectivity index (χ2n) is 10.2. The molecular weight excluding hydrogens is 524 g/mol. The zero-order chi connectivity index (χ0) is 28.0. The van der Waals surface area contributed by atoms with E-state index in [4.69, 9.17) is 0 Å². The molecule has 0 amide bonds. The zero-order valence-corrected chi connectivity index (χ0v) is 21.9. The zero-order valence-electron chi connectivity index (χ0n) is 21.9. The second kappa shape index (κ2) is 10.2. The highest BCUT2D eigenvalue weighted by Gasteiger charge is 2.36. The number of aryl methyl sites for hydroxylation is 1. The summed E-state index contributed by atoms with van der Waals surface area (Å²) in [5, 5.41) is 6.64. The van der Waals surface area contributed by atoms with Crippen molar-refractivity contribution >= 4 is 28.4 Å². The number of benzene rings is 2. The number of hydrogen-bond acceptors (Lipinski definition) is 6. The van der Waals surface area contributed by atoms with Gasteiger partial charge in [-0.2, -0.15) is 18.2 Å². The van der Waals surface area contributed by atoms with Crippen LogP contribution < -0.4 is 21.1 Å². The quantitative estimate of drug-likeness (QED) is 0.301. The van der Waals surface area contributed by atoms with Gasteiger partial charge in [0, 0.05) is 55.6 Å². The number of alkyl halides is 3. The standard InChI is InChI=1S/C29H28F4N6O/c1-2-39-26-19(13-22(27(39)40)21-7-5-18(17-3-4-17)14-23(21)29(31,32)33)16-35-28(37-26)36-20-6-8-25(24(30)15-20)38-11-9-34-10-12-38/h5-8,13-17,34H,2-4,9-12H2,1H3,(H,35,36,37). The maximum atomic E-state index is 14.9. The minimum atomic E-state index is -4.61. The van der Waals surface area contributed by atoms with Gasteiger partial charge < -0.3 is 15.5 Å². The highest BCUT2D eigenvalue weighted by atomic mass is 19.4. The molecule has 1 saturated heterocycles. The van der Waals surface area contributed by atoms with E-state index in [1.54, 1.807) is 25.1 Å². The average molecular weight is 553 g/mol. The number of rotatable bonds is 6. The van der Waals surface area contributed by atoms with Gasteiger partial charge in [-0.1, -0.05) is 12.1 Å². The van der Waals surface area contributed by atoms with E-state index in [0.717, 1.165) is 25.9 Å². The lowest BCUT2D eigenvalue weighted by molar-refractivity contribution is -0.137. The molecule has 0 radical (unpaired) electrons. The van der Waals surface area contributed by atoms with Crippen LogP contribution in [0.5, 0.6) is 0 Å². The first-order valence-electron chi connectivity index (χ1n) is 13.4. The lowest BCUT2D eigenvalue weighted by Gasteiger charge is -2.29. The summed E-state index contributed by atoms with van der Waals surface area (Å²) in [6.07, 6.45) is -1.42. The van der Waals surface area contributed by atoms with Gasteiger partial charge in [-0.15, -0.1) is 0 Å². The van der Waals surface area contributed by atoms with Gasteiger partial charge in [0.15, 0.2) is 0 Å². The summed E-state index contributed by atoms with van der Waals surface area (Å²) in [7, 11) is 0. The molecule has 2 aromatic carbocycles. The Kier molecular flexibility index (Phi) is 6.69. The number of aromatic nitrogens is 3. The molecule has 2 aliphatic rings. The average Bonchev–Trinajstić information content (AvgIpc) is 3.78. The van der Waals surface area contributed by atoms with Crippen LogP contribution in [0, 0.1) is 5.82 Å². The maximum absolute atomic E-state index is 14.9. The third kappa shape index (κ3) is 5.01. The van der Waals surface area contributed by atoms with Crippen molar-refractivity contribution in [2.24, 2.45) is 0 Å². The number of nitrogens with zero attached hydrogens (tertiary/aromatic N) is 4. The fourth-order valence-electron chi connectivity index (χ4n) is 5.28. The topological polar surface area (TPSA) is 75.1 Å². The van der Waals surface area contributed by atoms with E-state index in [1.807, 2.05) is 4.90 Å². The Balaban J connectivity index is 1.36. The van der Waals surface area contributed by atoms with Gasteiger partial charge in [-0.25, -0.2) is 9.37 Å². The van der Waals surface area contributed by atoms with Gasteiger partial charge in [0.1, 0.15) is 11.5 Å². The lowest BCUT2D eigenvalue weighted by Crippen LogP contribution is -2.43. The molecule has 1 aliphatic carbocycles. The Morgan fingerprint density at radius 2 is 1.82 bits per heavy atom. The Hall–Kier alpha value is -3.99. The number of piperazine rings is 1. The molecule has 0 spiro atoms. The molecule has 40 heavy (non-hydrogen) atoms. The number of fused-ring (bicyclic) bond motifs is 1. The fraction of sp³-hybridized carbons (Fsp3) is 0.345. The predicted molar refractivity (Wildman–Crippen MR) is 147 cm³/mol. The molecular formula is C29H28F4N6O. The van der Waals surface area contributed by atoms with Crippen molar-refractivity contribution in [3.63, 3.8) is 0 Å². The van der Waals surface area contributed by atoms with Crippen LogP contribution in [0.2, 0.25) is 0 Å². The van der Waals surface area contributed by atoms with Crippen LogP contribution in [-0.4, -0.2) is 40.7 Å². The normalized spacial score (nSPS) is 16.0. The SMILES string of the molecule is CCn1c(=O)c(-c2ccc(C3CC3)cc2C(F)(F)F)cc2cnc(Nc3ccc(N4CCNCC4)c(F)c3)nc21. The summed E-state index contributed by atoms with van der Waals surface area (Å²) in [5.74, 6) is -0.0953. The Bertz CT molecular complexity index is 1640. The van der Waals surface area contributed by atoms with Gasteiger partial charge in [-0.3, -0.25) is 9.36 Å². The highest BCUT2D eigenvalue weighted by molar-refractivity contribution is 5.83. The van der Waals surface area contributed by atoms with Crippen LogP contribution in [0.3, 0.4) is 0 Å². The van der Waals surface area contributed by atoms with E-state index in [2.05, 4.69) is 20.6 Å². The highest BCUT2D eigenvalue weighted by Crippen LogP contribution is 2.44. The summed E-state index contributed by atoms with van der Waals surface area (Å²) in [5.41, 5.74) is 0.258. The molecule has 7 nitrogen and oxygen atoms in total. The first kappa shape index (κ1) is 26.2. The van der Waals surface area contributed by atoms with Crippen LogP contribution in [0.15, 0.2) is 53.5 Å². The second-order valence-corrected chi connectivity index (χ2v) is 10.2. The number of anilines is 3. The third-order valence-corrected chi connectivity index (χ3v) is 7.49. The van der Waals surface area contributed by atoms with E-state index < -0.39 is 17.3 Å². The summed E-state index contributed by atoms with van der Waals surface area (Å²) in [6, 6.07) is 10.5. The van der Waals surface area contributed by atoms with Crippen molar-refractivity contribution in [3.8, 4) is 11.1 Å². The summed E-state index contributed by atoms with van der Waals surface area (Å²) >= 11 is 0. The van der Waals surface area contributed by atoms with Gasteiger partial charge >= 0.3 is 6.18 Å². The van der Waals surface area contributed by atoms with Gasteiger partial charge in [0.25, 0.3) is 5.56 Å². The molecule has 6 rings (SSSR count). The van der Waals surface area contributed by atoms with Crippen LogP contribution in [0.4, 0.5) is 34.9 Å². The van der Waals surface area contributed by atoms with Gasteiger partial charge in [0.2, 0.25) is 5.95 Å². The monoisotopic (exact) mass is 552 g/mol. The number of pyridine rings is 1. The molecule has 4 aromatic rings. The van der Waals surface area contributed by atoms with E-state index in [0.29, 0.717) is 35.4 Å². The predicted octanol–water partition coefficient (Wildman–Crippen LogP) is 5.67. The van der Waals surface area contributed by atoms with Crippen LogP contribution >= 0.6 is 0 Å². The molecule has 11 heteroatoms. The van der Waals surface area contributed by atoms with Crippen LogP contribution in [0.1, 0.15) is 36.8 Å². The summed E-state index contributed by atoms with van der Waals surface area (Å²) < 4.78 is 58.4. The van der Waals surface area contributed by atoms with Gasteiger partial charge in [-0.05, 0) is 67.1 Å². The molecule has 3 heterocycles. The molecule has 0 atom stereocenters. The van der Waals surface area contributed by atoms with Crippen molar-refractivity contribution < 1.29 is 17.6 Å². The van der Waals surface area contributed by atoms with Crippen LogP contribution in [0.25, 0.3) is 22.2 Å². The Morgan fingerprint density at radius 3 is 2.50 bits per heavy atom. The molecule has 208 valence electrons. The minimum Gasteiger partial charge on any atom is -0.367 e. The molecule has 2 fully saturated rings. The summed E-state index contributed by atoms with van der Waals surface area (Å²) in [4.78, 5) is 24.2. The maximum Gasteiger partial charge on any atom is 0.417 e. The first-order valence-corrected chi connectivity index (χ1v) is 13.4. The van der Waals surface area contributed by atoms with Crippen molar-refractivity contribution in [3.05, 3.63) is 76.0 Å². The molecule has 0 unspecified atom stereocenters. The first-order chi connectivity index (χ1) is 19.2. The number of nitrogens with one attached hydrogen (secondary N) is 2. The van der Waals surface area contributed by atoms with Crippen molar-refractivity contribution in [2.45, 2.75) is 38.4 Å². The fourth-order valence-corrected chi connectivity index (χ4v) is 5.28. The van der Waals surface area contributed by atoms with Crippen LogP contribution in [-0.2, 0) is 12.7 Å². The molecule has 0 bridgehead atoms. The lowest BCUT2D eigenvalue weighted by atomic mass is 9.96.